The SMILES string of the molecule is COc1c(S(=O)(=O)[N+]2(C(=O)O)CCC[C@H]2C)ccc(Cl)c1COc1cccc2c(C)cc(C)nc12. The monoisotopic (exact) mass is 519 g/mol. The summed E-state index contributed by atoms with van der Waals surface area (Å²) in [6.07, 6.45) is -0.423. The molecule has 2 heterocycles. The maximum atomic E-state index is 13.8. The van der Waals surface area contributed by atoms with Gasteiger partial charge in [-0.1, -0.05) is 23.7 Å². The normalized spacial score (nSPS) is 20.2. The van der Waals surface area contributed by atoms with Crippen molar-refractivity contribution in [3.05, 3.63) is 58.2 Å². The van der Waals surface area contributed by atoms with Gasteiger partial charge < -0.3 is 14.6 Å². The molecule has 0 radical (unpaired) electrons. The van der Waals surface area contributed by atoms with E-state index in [1.165, 1.54) is 19.2 Å². The van der Waals surface area contributed by atoms with E-state index in [2.05, 4.69) is 4.98 Å². The first-order chi connectivity index (χ1) is 16.5. The van der Waals surface area contributed by atoms with Gasteiger partial charge >= 0.3 is 16.1 Å². The Hall–Kier alpha value is -2.88. The van der Waals surface area contributed by atoms with Crippen molar-refractivity contribution in [3.63, 3.8) is 0 Å². The third-order valence-corrected chi connectivity index (χ3v) is 9.52. The largest absolute Gasteiger partial charge is 0.529 e. The van der Waals surface area contributed by atoms with Crippen molar-refractivity contribution in [3.8, 4) is 11.5 Å². The Bertz CT molecular complexity index is 1430. The number of nitrogens with zero attached hydrogens (tertiary/aromatic N) is 2. The Morgan fingerprint density at radius 2 is 2.00 bits per heavy atom. The summed E-state index contributed by atoms with van der Waals surface area (Å²) < 4.78 is 38.1. The van der Waals surface area contributed by atoms with Gasteiger partial charge in [0.2, 0.25) is 0 Å². The molecule has 3 aromatic rings. The van der Waals surface area contributed by atoms with Crippen molar-refractivity contribution in [2.24, 2.45) is 0 Å². The van der Waals surface area contributed by atoms with Gasteiger partial charge in [0.1, 0.15) is 30.5 Å². The Kier molecular flexibility index (Phi) is 6.70. The van der Waals surface area contributed by atoms with E-state index in [4.69, 9.17) is 21.1 Å². The zero-order valence-corrected chi connectivity index (χ0v) is 21.6. The molecule has 1 fully saturated rings. The molecule has 0 aliphatic carbocycles. The van der Waals surface area contributed by atoms with Gasteiger partial charge in [0.15, 0.2) is 10.6 Å². The second kappa shape index (κ2) is 9.29. The van der Waals surface area contributed by atoms with Crippen molar-refractivity contribution < 1.29 is 31.7 Å². The van der Waals surface area contributed by atoms with E-state index in [0.29, 0.717) is 29.7 Å². The fraction of sp³-hybridized carbons (Fsp3) is 0.360. The van der Waals surface area contributed by atoms with Gasteiger partial charge in [-0.2, -0.15) is 13.2 Å². The number of aromatic nitrogens is 1. The lowest BCUT2D eigenvalue weighted by atomic mass is 10.1. The molecule has 2 aromatic carbocycles. The highest BCUT2D eigenvalue weighted by Crippen LogP contribution is 2.42. The van der Waals surface area contributed by atoms with Crippen LogP contribution >= 0.6 is 11.6 Å². The predicted molar refractivity (Wildman–Crippen MR) is 133 cm³/mol. The summed E-state index contributed by atoms with van der Waals surface area (Å²) in [7, 11) is -3.04. The van der Waals surface area contributed by atoms with Crippen LogP contribution in [0.2, 0.25) is 5.02 Å². The first-order valence-corrected chi connectivity index (χ1v) is 13.1. The van der Waals surface area contributed by atoms with E-state index < -0.39 is 26.0 Å². The highest BCUT2D eigenvalue weighted by Gasteiger charge is 2.58. The second-order valence-electron chi connectivity index (χ2n) is 8.85. The number of carboxylic acid groups (broad SMARTS) is 1. The molecule has 186 valence electrons. The molecule has 1 saturated heterocycles. The fourth-order valence-electron chi connectivity index (χ4n) is 4.94. The van der Waals surface area contributed by atoms with E-state index in [0.717, 1.165) is 16.6 Å². The zero-order chi connectivity index (χ0) is 25.5. The molecule has 35 heavy (non-hydrogen) atoms. The fourth-order valence-corrected chi connectivity index (χ4v) is 7.33. The third kappa shape index (κ3) is 4.01. The van der Waals surface area contributed by atoms with Crippen LogP contribution in [0.15, 0.2) is 41.3 Å². The molecular formula is C25H28ClN2O6S+. The molecule has 1 amide bonds. The van der Waals surface area contributed by atoms with Gasteiger partial charge in [-0.15, -0.1) is 3.89 Å². The van der Waals surface area contributed by atoms with Crippen molar-refractivity contribution in [1.29, 1.82) is 0 Å². The lowest BCUT2D eigenvalue weighted by molar-refractivity contribution is -0.741. The number of quaternary nitrogens is 1. The topological polar surface area (TPSA) is 103 Å². The summed E-state index contributed by atoms with van der Waals surface area (Å²) in [5, 5.41) is 11.2. The molecule has 1 aromatic heterocycles. The maximum absolute atomic E-state index is 13.8. The molecule has 1 aliphatic rings. The summed E-state index contributed by atoms with van der Waals surface area (Å²) in [5.41, 5.74) is 2.90. The zero-order valence-electron chi connectivity index (χ0n) is 20.0. The summed E-state index contributed by atoms with van der Waals surface area (Å²) in [4.78, 5) is 16.7. The molecular weight excluding hydrogens is 492 g/mol. The molecule has 0 bridgehead atoms. The van der Waals surface area contributed by atoms with Crippen LogP contribution in [0.3, 0.4) is 0 Å². The minimum absolute atomic E-state index is 0.0170. The first-order valence-electron chi connectivity index (χ1n) is 11.3. The van der Waals surface area contributed by atoms with Crippen molar-refractivity contribution in [2.45, 2.75) is 51.2 Å². The summed E-state index contributed by atoms with van der Waals surface area (Å²) in [6.45, 7) is 5.43. The smallest absolute Gasteiger partial charge is 0.495 e. The molecule has 4 rings (SSSR count). The summed E-state index contributed by atoms with van der Waals surface area (Å²) in [5.74, 6) is 0.499. The molecule has 10 heteroatoms. The standard InChI is InChI=1S/C25H27ClN2O6S/c1-15-13-16(2)27-23-18(15)8-5-9-21(23)34-14-19-20(26)10-11-22(24(19)33-4)35(31,32)28(25(29)30)12-6-7-17(28)3/h5,8-11,13,17H,6-7,12,14H2,1-4H3/p+1/t17-,28?/m1/s1. The van der Waals surface area contributed by atoms with Gasteiger partial charge in [-0.3, -0.25) is 0 Å². The summed E-state index contributed by atoms with van der Waals surface area (Å²) >= 11 is 6.46. The highest BCUT2D eigenvalue weighted by molar-refractivity contribution is 7.86. The number of benzene rings is 2. The van der Waals surface area contributed by atoms with Gasteiger partial charge in [0.05, 0.1) is 17.7 Å². The van der Waals surface area contributed by atoms with Crippen LogP contribution < -0.4 is 9.47 Å². The molecule has 0 saturated carbocycles. The summed E-state index contributed by atoms with van der Waals surface area (Å²) in [6, 6.07) is 9.72. The third-order valence-electron chi connectivity index (χ3n) is 6.74. The lowest BCUT2D eigenvalue weighted by Gasteiger charge is -2.31. The van der Waals surface area contributed by atoms with Gasteiger partial charge in [-0.25, -0.2) is 4.98 Å². The van der Waals surface area contributed by atoms with E-state index in [1.807, 2.05) is 32.0 Å². The number of sulfonamides is 1. The Labute approximate surface area is 209 Å². The molecule has 8 nitrogen and oxygen atoms in total. The van der Waals surface area contributed by atoms with Crippen molar-refractivity contribution >= 4 is 38.6 Å². The van der Waals surface area contributed by atoms with Crippen LogP contribution in [0.5, 0.6) is 11.5 Å². The number of hydrogen-bond acceptors (Lipinski definition) is 6. The number of methoxy groups -OCH3 is 1. The second-order valence-corrected chi connectivity index (χ2v) is 11.3. The number of likely N-dealkylation sites (tertiary alicyclic amines) is 1. The number of ether oxygens (including phenoxy) is 2. The first kappa shape index (κ1) is 25.2. The number of rotatable bonds is 6. The van der Waals surface area contributed by atoms with Crippen molar-refractivity contribution in [2.75, 3.05) is 13.7 Å². The maximum Gasteiger partial charge on any atom is 0.529 e. The molecule has 1 unspecified atom stereocenters. The number of pyridine rings is 1. The quantitative estimate of drug-likeness (QED) is 0.431. The molecule has 1 aliphatic heterocycles. The predicted octanol–water partition coefficient (Wildman–Crippen LogP) is 5.46. The van der Waals surface area contributed by atoms with E-state index >= 15 is 0 Å². The molecule has 0 spiro atoms. The van der Waals surface area contributed by atoms with E-state index in [9.17, 15) is 18.3 Å². The number of aryl methyl sites for hydroxylation is 2. The number of carbonyl (C=O) groups is 1. The van der Waals surface area contributed by atoms with Gasteiger partial charge in [-0.05, 0) is 50.6 Å². The van der Waals surface area contributed by atoms with E-state index in [1.54, 1.807) is 13.0 Å². The van der Waals surface area contributed by atoms with Crippen LogP contribution in [-0.2, 0) is 16.6 Å². The van der Waals surface area contributed by atoms with Crippen LogP contribution in [0.1, 0.15) is 36.6 Å². The minimum Gasteiger partial charge on any atom is -0.495 e. The van der Waals surface area contributed by atoms with Crippen LogP contribution in [-0.4, -0.2) is 48.2 Å². The number of halogens is 1. The Balaban J connectivity index is 1.79. The minimum atomic E-state index is -4.37. The van der Waals surface area contributed by atoms with Gasteiger partial charge in [0.25, 0.3) is 0 Å². The number of hydrogen-bond donors (Lipinski definition) is 1. The van der Waals surface area contributed by atoms with E-state index in [-0.39, 0.29) is 28.8 Å². The number of amides is 1. The Morgan fingerprint density at radius 1 is 1.26 bits per heavy atom. The Morgan fingerprint density at radius 3 is 2.63 bits per heavy atom. The number of para-hydroxylation sites is 1. The van der Waals surface area contributed by atoms with Crippen LogP contribution in [0, 0.1) is 13.8 Å². The molecule has 1 N–H and O–H groups in total. The average molecular weight is 520 g/mol. The number of fused-ring (bicyclic) bond motifs is 1. The molecule has 2 atom stereocenters. The lowest BCUT2D eigenvalue weighted by Crippen LogP contribution is -2.58. The van der Waals surface area contributed by atoms with Crippen molar-refractivity contribution in [1.82, 2.24) is 4.98 Å². The average Bonchev–Trinajstić information content (AvgIpc) is 3.21. The highest BCUT2D eigenvalue weighted by atomic mass is 35.5. The van der Waals surface area contributed by atoms with Gasteiger partial charge in [0, 0.05) is 23.9 Å². The van der Waals surface area contributed by atoms with Crippen LogP contribution in [0.4, 0.5) is 4.79 Å². The van der Waals surface area contributed by atoms with Crippen LogP contribution in [0.25, 0.3) is 10.9 Å².